The number of thiophene rings is 1. The van der Waals surface area contributed by atoms with E-state index in [9.17, 15) is 14.4 Å². The summed E-state index contributed by atoms with van der Waals surface area (Å²) in [5.74, 6) is -1.92. The SMILES string of the molecule is O=C(O)CC(c1cccs1)N1C(=O)c2ccccc2C1=O. The van der Waals surface area contributed by atoms with Gasteiger partial charge in [-0.15, -0.1) is 11.3 Å². The lowest BCUT2D eigenvalue weighted by molar-refractivity contribution is -0.138. The molecule has 106 valence electrons. The topological polar surface area (TPSA) is 74.7 Å². The van der Waals surface area contributed by atoms with Crippen molar-refractivity contribution >= 4 is 29.1 Å². The van der Waals surface area contributed by atoms with Crippen LogP contribution in [0.5, 0.6) is 0 Å². The van der Waals surface area contributed by atoms with Gasteiger partial charge in [-0.25, -0.2) is 0 Å². The number of hydrogen-bond acceptors (Lipinski definition) is 4. The molecule has 3 rings (SSSR count). The molecule has 2 aromatic rings. The third-order valence-electron chi connectivity index (χ3n) is 3.38. The van der Waals surface area contributed by atoms with Crippen molar-refractivity contribution in [2.24, 2.45) is 0 Å². The Kier molecular flexibility index (Phi) is 3.31. The largest absolute Gasteiger partial charge is 0.481 e. The maximum atomic E-state index is 12.4. The van der Waals surface area contributed by atoms with Gasteiger partial charge in [0.05, 0.1) is 23.6 Å². The Morgan fingerprint density at radius 1 is 1.10 bits per heavy atom. The Balaban J connectivity index is 2.04. The van der Waals surface area contributed by atoms with Crippen LogP contribution in [0.2, 0.25) is 0 Å². The molecule has 1 unspecified atom stereocenters. The summed E-state index contributed by atoms with van der Waals surface area (Å²) in [5.41, 5.74) is 0.656. The lowest BCUT2D eigenvalue weighted by Gasteiger charge is -2.23. The molecule has 0 saturated carbocycles. The zero-order valence-electron chi connectivity index (χ0n) is 10.9. The average Bonchev–Trinajstić information content (AvgIpc) is 3.06. The average molecular weight is 301 g/mol. The maximum Gasteiger partial charge on any atom is 0.305 e. The van der Waals surface area contributed by atoms with Gasteiger partial charge >= 0.3 is 5.97 Å². The van der Waals surface area contributed by atoms with Crippen LogP contribution in [0.3, 0.4) is 0 Å². The quantitative estimate of drug-likeness (QED) is 0.881. The maximum absolute atomic E-state index is 12.4. The van der Waals surface area contributed by atoms with Crippen molar-refractivity contribution in [1.29, 1.82) is 0 Å². The minimum absolute atomic E-state index is 0.300. The number of carbonyl (C=O) groups excluding carboxylic acids is 2. The number of carboxylic acids is 1. The van der Waals surface area contributed by atoms with Crippen LogP contribution in [0.1, 0.15) is 38.1 Å². The van der Waals surface area contributed by atoms with Gasteiger partial charge in [0.25, 0.3) is 11.8 Å². The molecule has 0 aliphatic carbocycles. The molecule has 0 fully saturated rings. The summed E-state index contributed by atoms with van der Waals surface area (Å²) in [6, 6.07) is 9.28. The minimum Gasteiger partial charge on any atom is -0.481 e. The molecule has 1 aromatic carbocycles. The van der Waals surface area contributed by atoms with Crippen molar-refractivity contribution in [2.45, 2.75) is 12.5 Å². The molecule has 0 radical (unpaired) electrons. The third-order valence-corrected chi connectivity index (χ3v) is 4.35. The van der Waals surface area contributed by atoms with E-state index in [4.69, 9.17) is 5.11 Å². The van der Waals surface area contributed by atoms with Crippen LogP contribution in [-0.4, -0.2) is 27.8 Å². The molecule has 2 heterocycles. The van der Waals surface area contributed by atoms with Crippen LogP contribution >= 0.6 is 11.3 Å². The van der Waals surface area contributed by atoms with Crippen molar-refractivity contribution < 1.29 is 19.5 Å². The van der Waals surface area contributed by atoms with E-state index in [1.165, 1.54) is 11.3 Å². The van der Waals surface area contributed by atoms with Crippen molar-refractivity contribution in [1.82, 2.24) is 4.90 Å². The van der Waals surface area contributed by atoms with Crippen molar-refractivity contribution in [2.75, 3.05) is 0 Å². The standard InChI is InChI=1S/C15H11NO4S/c17-13(18)8-11(12-6-3-7-21-12)16-14(19)9-4-1-2-5-10(9)15(16)20/h1-7,11H,8H2,(H,17,18). The first kappa shape index (κ1) is 13.5. The number of carbonyl (C=O) groups is 3. The van der Waals surface area contributed by atoms with E-state index in [0.717, 1.165) is 4.90 Å². The van der Waals surface area contributed by atoms with E-state index in [2.05, 4.69) is 0 Å². The van der Waals surface area contributed by atoms with Gasteiger partial charge in [0.2, 0.25) is 0 Å². The Morgan fingerprint density at radius 2 is 1.71 bits per heavy atom. The normalized spacial score (nSPS) is 15.1. The van der Waals surface area contributed by atoms with Gasteiger partial charge in [0, 0.05) is 4.88 Å². The van der Waals surface area contributed by atoms with Crippen LogP contribution in [-0.2, 0) is 4.79 Å². The third kappa shape index (κ3) is 2.23. The van der Waals surface area contributed by atoms with Crippen molar-refractivity contribution in [3.63, 3.8) is 0 Å². The highest BCUT2D eigenvalue weighted by Gasteiger charge is 2.41. The number of amides is 2. The van der Waals surface area contributed by atoms with Crippen LogP contribution < -0.4 is 0 Å². The number of rotatable bonds is 4. The number of nitrogens with zero attached hydrogens (tertiary/aromatic N) is 1. The van der Waals surface area contributed by atoms with E-state index in [0.29, 0.717) is 16.0 Å². The molecule has 0 saturated heterocycles. The highest BCUT2D eigenvalue weighted by atomic mass is 32.1. The summed E-state index contributed by atoms with van der Waals surface area (Å²) in [5, 5.41) is 10.9. The van der Waals surface area contributed by atoms with Crippen LogP contribution in [0.4, 0.5) is 0 Å². The number of benzene rings is 1. The summed E-state index contributed by atoms with van der Waals surface area (Å²) >= 11 is 1.33. The first-order chi connectivity index (χ1) is 10.1. The highest BCUT2D eigenvalue weighted by molar-refractivity contribution is 7.10. The van der Waals surface area contributed by atoms with E-state index >= 15 is 0 Å². The molecule has 0 bridgehead atoms. The van der Waals surface area contributed by atoms with Gasteiger partial charge in [0.15, 0.2) is 0 Å². The van der Waals surface area contributed by atoms with Crippen molar-refractivity contribution in [3.8, 4) is 0 Å². The highest BCUT2D eigenvalue weighted by Crippen LogP contribution is 2.35. The summed E-state index contributed by atoms with van der Waals surface area (Å²) in [6.07, 6.45) is -0.300. The van der Waals surface area contributed by atoms with E-state index < -0.39 is 23.8 Å². The van der Waals surface area contributed by atoms with Crippen molar-refractivity contribution in [3.05, 3.63) is 57.8 Å². The lowest BCUT2D eigenvalue weighted by Crippen LogP contribution is -2.35. The Bertz CT molecular complexity index is 688. The zero-order valence-corrected chi connectivity index (χ0v) is 11.7. The molecule has 1 aliphatic rings. The monoisotopic (exact) mass is 301 g/mol. The summed E-state index contributed by atoms with van der Waals surface area (Å²) in [7, 11) is 0. The molecule has 0 spiro atoms. The second-order valence-electron chi connectivity index (χ2n) is 4.65. The fraction of sp³-hybridized carbons (Fsp3) is 0.133. The fourth-order valence-corrected chi connectivity index (χ4v) is 3.27. The van der Waals surface area contributed by atoms with Gasteiger partial charge in [0.1, 0.15) is 0 Å². The number of imide groups is 1. The van der Waals surface area contributed by atoms with E-state index in [1.807, 2.05) is 0 Å². The van der Waals surface area contributed by atoms with E-state index in [-0.39, 0.29) is 6.42 Å². The Labute approximate surface area is 124 Å². The second-order valence-corrected chi connectivity index (χ2v) is 5.63. The first-order valence-corrected chi connectivity index (χ1v) is 7.19. The molecule has 1 aromatic heterocycles. The predicted octanol–water partition coefficient (Wildman–Crippen LogP) is 2.56. The summed E-state index contributed by atoms with van der Waals surface area (Å²) in [4.78, 5) is 37.7. The first-order valence-electron chi connectivity index (χ1n) is 6.31. The van der Waals surface area contributed by atoms with Gasteiger partial charge in [-0.2, -0.15) is 0 Å². The molecule has 5 nitrogen and oxygen atoms in total. The molecule has 6 heteroatoms. The molecular formula is C15H11NO4S. The number of aliphatic carboxylic acids is 1. The number of carboxylic acid groups (broad SMARTS) is 1. The lowest BCUT2D eigenvalue weighted by atomic mass is 10.1. The predicted molar refractivity (Wildman–Crippen MR) is 76.3 cm³/mol. The van der Waals surface area contributed by atoms with Gasteiger partial charge in [-0.1, -0.05) is 18.2 Å². The molecule has 1 N–H and O–H groups in total. The zero-order chi connectivity index (χ0) is 15.0. The molecule has 21 heavy (non-hydrogen) atoms. The number of fused-ring (bicyclic) bond motifs is 1. The fourth-order valence-electron chi connectivity index (χ4n) is 2.46. The molecule has 1 aliphatic heterocycles. The smallest absolute Gasteiger partial charge is 0.305 e. The Hall–Kier alpha value is -2.47. The minimum atomic E-state index is -1.05. The molecule has 1 atom stereocenters. The van der Waals surface area contributed by atoms with Crippen LogP contribution in [0.25, 0.3) is 0 Å². The number of hydrogen-bond donors (Lipinski definition) is 1. The van der Waals surface area contributed by atoms with Gasteiger partial charge in [-0.05, 0) is 23.6 Å². The summed E-state index contributed by atoms with van der Waals surface area (Å²) in [6.45, 7) is 0. The molecular weight excluding hydrogens is 290 g/mol. The van der Waals surface area contributed by atoms with Gasteiger partial charge < -0.3 is 5.11 Å². The second kappa shape index (κ2) is 5.14. The van der Waals surface area contributed by atoms with Crippen LogP contribution in [0.15, 0.2) is 41.8 Å². The Morgan fingerprint density at radius 3 is 2.19 bits per heavy atom. The van der Waals surface area contributed by atoms with E-state index in [1.54, 1.807) is 41.8 Å². The molecule has 2 amide bonds. The van der Waals surface area contributed by atoms with Crippen LogP contribution in [0, 0.1) is 0 Å². The summed E-state index contributed by atoms with van der Waals surface area (Å²) < 4.78 is 0. The van der Waals surface area contributed by atoms with Gasteiger partial charge in [-0.3, -0.25) is 19.3 Å².